The summed E-state index contributed by atoms with van der Waals surface area (Å²) in [5.74, 6) is -1.48. The van der Waals surface area contributed by atoms with Crippen LogP contribution in [0.15, 0.2) is 18.2 Å². The van der Waals surface area contributed by atoms with Crippen LogP contribution >= 0.6 is 0 Å². The fourth-order valence-corrected chi connectivity index (χ4v) is 1.32. The molecule has 0 saturated carbocycles. The first-order chi connectivity index (χ1) is 6.34. The van der Waals surface area contributed by atoms with Gasteiger partial charge in [-0.15, -0.1) is 0 Å². The van der Waals surface area contributed by atoms with Crippen LogP contribution in [0.4, 0.5) is 8.78 Å². The SMILES string of the molecule is CC(c1cccc(F)c1F)C(C)(C)C. The van der Waals surface area contributed by atoms with Crippen LogP contribution < -0.4 is 0 Å². The van der Waals surface area contributed by atoms with Gasteiger partial charge in [-0.2, -0.15) is 0 Å². The van der Waals surface area contributed by atoms with Crippen LogP contribution in [0.5, 0.6) is 0 Å². The standard InChI is InChI=1S/C12H16F2/c1-8(12(2,3)4)9-6-5-7-10(13)11(9)14/h5-8H,1-4H3. The van der Waals surface area contributed by atoms with E-state index in [-0.39, 0.29) is 11.3 Å². The summed E-state index contributed by atoms with van der Waals surface area (Å²) in [6, 6.07) is 4.35. The number of halogens is 2. The molecular formula is C12H16F2. The normalized spacial score (nSPS) is 14.1. The fourth-order valence-electron chi connectivity index (χ4n) is 1.32. The third-order valence-electron chi connectivity index (χ3n) is 2.75. The van der Waals surface area contributed by atoms with Crippen LogP contribution in [0, 0.1) is 17.0 Å². The van der Waals surface area contributed by atoms with Crippen LogP contribution in [0.25, 0.3) is 0 Å². The predicted molar refractivity (Wildman–Crippen MR) is 54.2 cm³/mol. The van der Waals surface area contributed by atoms with Crippen molar-refractivity contribution in [3.05, 3.63) is 35.4 Å². The van der Waals surface area contributed by atoms with E-state index in [0.717, 1.165) is 6.07 Å². The lowest BCUT2D eigenvalue weighted by atomic mass is 9.77. The maximum Gasteiger partial charge on any atom is 0.162 e. The minimum atomic E-state index is -0.765. The van der Waals surface area contributed by atoms with Gasteiger partial charge in [0.15, 0.2) is 11.6 Å². The van der Waals surface area contributed by atoms with Gasteiger partial charge in [0.05, 0.1) is 0 Å². The summed E-state index contributed by atoms with van der Waals surface area (Å²) < 4.78 is 26.4. The average Bonchev–Trinajstić information content (AvgIpc) is 2.07. The molecule has 0 saturated heterocycles. The Labute approximate surface area is 84.0 Å². The highest BCUT2D eigenvalue weighted by Gasteiger charge is 2.25. The van der Waals surface area contributed by atoms with E-state index in [4.69, 9.17) is 0 Å². The molecule has 1 aromatic rings. The van der Waals surface area contributed by atoms with Crippen molar-refractivity contribution in [1.29, 1.82) is 0 Å². The molecule has 0 aromatic heterocycles. The zero-order valence-electron chi connectivity index (χ0n) is 9.07. The summed E-state index contributed by atoms with van der Waals surface area (Å²) >= 11 is 0. The number of rotatable bonds is 1. The maximum absolute atomic E-state index is 13.4. The first-order valence-electron chi connectivity index (χ1n) is 4.78. The molecule has 14 heavy (non-hydrogen) atoms. The molecule has 0 nitrogen and oxygen atoms in total. The van der Waals surface area contributed by atoms with Gasteiger partial charge in [0.2, 0.25) is 0 Å². The summed E-state index contributed by atoms with van der Waals surface area (Å²) in [5.41, 5.74) is 0.395. The lowest BCUT2D eigenvalue weighted by molar-refractivity contribution is 0.328. The fraction of sp³-hybridized carbons (Fsp3) is 0.500. The summed E-state index contributed by atoms with van der Waals surface area (Å²) in [7, 11) is 0. The second-order valence-electron chi connectivity index (χ2n) is 4.73. The molecule has 0 heterocycles. The Bertz CT molecular complexity index is 324. The van der Waals surface area contributed by atoms with E-state index in [9.17, 15) is 8.78 Å². The molecule has 0 spiro atoms. The molecule has 0 amide bonds. The van der Waals surface area contributed by atoms with E-state index >= 15 is 0 Å². The van der Waals surface area contributed by atoms with Crippen LogP contribution in [-0.2, 0) is 0 Å². The van der Waals surface area contributed by atoms with E-state index in [1.54, 1.807) is 12.1 Å². The van der Waals surface area contributed by atoms with E-state index in [2.05, 4.69) is 0 Å². The first-order valence-corrected chi connectivity index (χ1v) is 4.78. The summed E-state index contributed by atoms with van der Waals surface area (Å²) in [6.07, 6.45) is 0. The Hall–Kier alpha value is -0.920. The smallest absolute Gasteiger partial charge is 0.162 e. The lowest BCUT2D eigenvalue weighted by Crippen LogP contribution is -2.16. The molecule has 2 heteroatoms. The molecule has 0 N–H and O–H groups in total. The Balaban J connectivity index is 3.14. The molecule has 0 fully saturated rings. The summed E-state index contributed by atoms with van der Waals surface area (Å²) in [6.45, 7) is 7.96. The molecule has 0 bridgehead atoms. The van der Waals surface area contributed by atoms with Gasteiger partial charge < -0.3 is 0 Å². The number of hydrogen-bond donors (Lipinski definition) is 0. The van der Waals surface area contributed by atoms with Crippen LogP contribution in [0.2, 0.25) is 0 Å². The highest BCUT2D eigenvalue weighted by Crippen LogP contribution is 2.35. The summed E-state index contributed by atoms with van der Waals surface area (Å²) in [5, 5.41) is 0. The molecule has 1 unspecified atom stereocenters. The molecule has 1 aromatic carbocycles. The van der Waals surface area contributed by atoms with E-state index in [1.807, 2.05) is 27.7 Å². The van der Waals surface area contributed by atoms with Gasteiger partial charge in [-0.05, 0) is 23.0 Å². The quantitative estimate of drug-likeness (QED) is 0.637. The van der Waals surface area contributed by atoms with Gasteiger partial charge in [0, 0.05) is 0 Å². The van der Waals surface area contributed by atoms with Crippen molar-refractivity contribution in [3.8, 4) is 0 Å². The molecular weight excluding hydrogens is 182 g/mol. The van der Waals surface area contributed by atoms with Crippen molar-refractivity contribution < 1.29 is 8.78 Å². The second kappa shape index (κ2) is 3.68. The van der Waals surface area contributed by atoms with Crippen molar-refractivity contribution in [2.45, 2.75) is 33.6 Å². The first kappa shape index (κ1) is 11.2. The molecule has 1 rings (SSSR count). The number of hydrogen-bond acceptors (Lipinski definition) is 0. The maximum atomic E-state index is 13.4. The highest BCUT2D eigenvalue weighted by molar-refractivity contribution is 5.23. The molecule has 0 aliphatic rings. The van der Waals surface area contributed by atoms with Crippen molar-refractivity contribution in [3.63, 3.8) is 0 Å². The third kappa shape index (κ3) is 2.11. The molecule has 0 aliphatic carbocycles. The van der Waals surface area contributed by atoms with Gasteiger partial charge in [0.25, 0.3) is 0 Å². The Morgan fingerprint density at radius 3 is 2.21 bits per heavy atom. The van der Waals surface area contributed by atoms with Crippen molar-refractivity contribution in [1.82, 2.24) is 0 Å². The van der Waals surface area contributed by atoms with Crippen LogP contribution in [-0.4, -0.2) is 0 Å². The number of benzene rings is 1. The Kier molecular flexibility index (Phi) is 2.93. The topological polar surface area (TPSA) is 0 Å². The van der Waals surface area contributed by atoms with E-state index in [1.165, 1.54) is 0 Å². The minimum Gasteiger partial charge on any atom is -0.204 e. The second-order valence-corrected chi connectivity index (χ2v) is 4.73. The Morgan fingerprint density at radius 2 is 1.71 bits per heavy atom. The van der Waals surface area contributed by atoms with Gasteiger partial charge in [-0.3, -0.25) is 0 Å². The zero-order valence-corrected chi connectivity index (χ0v) is 9.07. The Morgan fingerprint density at radius 1 is 1.14 bits per heavy atom. The third-order valence-corrected chi connectivity index (χ3v) is 2.75. The lowest BCUT2D eigenvalue weighted by Gasteiger charge is -2.27. The predicted octanol–water partition coefficient (Wildman–Crippen LogP) is 4.11. The zero-order chi connectivity index (χ0) is 10.9. The van der Waals surface area contributed by atoms with E-state index in [0.29, 0.717) is 5.56 Å². The van der Waals surface area contributed by atoms with E-state index < -0.39 is 11.6 Å². The van der Waals surface area contributed by atoms with Gasteiger partial charge in [-0.1, -0.05) is 39.8 Å². The van der Waals surface area contributed by atoms with Gasteiger partial charge in [0.1, 0.15) is 0 Å². The monoisotopic (exact) mass is 198 g/mol. The highest BCUT2D eigenvalue weighted by atomic mass is 19.2. The van der Waals surface area contributed by atoms with Crippen molar-refractivity contribution in [2.24, 2.45) is 5.41 Å². The molecule has 0 radical (unpaired) electrons. The van der Waals surface area contributed by atoms with Crippen LogP contribution in [0.3, 0.4) is 0 Å². The average molecular weight is 198 g/mol. The van der Waals surface area contributed by atoms with Crippen LogP contribution in [0.1, 0.15) is 39.2 Å². The molecule has 0 aliphatic heterocycles. The minimum absolute atomic E-state index is 0.00167. The largest absolute Gasteiger partial charge is 0.204 e. The van der Waals surface area contributed by atoms with Crippen molar-refractivity contribution >= 4 is 0 Å². The van der Waals surface area contributed by atoms with Gasteiger partial charge in [-0.25, -0.2) is 8.78 Å². The summed E-state index contributed by atoms with van der Waals surface area (Å²) in [4.78, 5) is 0. The van der Waals surface area contributed by atoms with Crippen molar-refractivity contribution in [2.75, 3.05) is 0 Å². The molecule has 1 atom stereocenters. The molecule has 78 valence electrons. The van der Waals surface area contributed by atoms with Gasteiger partial charge >= 0.3 is 0 Å².